The Hall–Kier alpha value is -2.60. The van der Waals surface area contributed by atoms with Crippen molar-refractivity contribution in [2.45, 2.75) is 20.0 Å². The topological polar surface area (TPSA) is 66.3 Å². The van der Waals surface area contributed by atoms with E-state index in [1.54, 1.807) is 12.1 Å². The van der Waals surface area contributed by atoms with Gasteiger partial charge in [-0.25, -0.2) is 4.99 Å². The highest BCUT2D eigenvalue weighted by atomic mass is 35.5. The Kier molecular flexibility index (Phi) is 7.61. The summed E-state index contributed by atoms with van der Waals surface area (Å²) >= 11 is 6.07. The maximum Gasteiger partial charge on any atom is 0.200 e. The number of rotatable bonds is 7. The zero-order valence-corrected chi connectivity index (χ0v) is 16.9. The van der Waals surface area contributed by atoms with Crippen molar-refractivity contribution in [1.82, 2.24) is 10.2 Å². The molecule has 0 amide bonds. The van der Waals surface area contributed by atoms with Crippen LogP contribution in [0.2, 0.25) is 5.02 Å². The Balaban J connectivity index is 2.19. The highest BCUT2D eigenvalue weighted by Crippen LogP contribution is 2.37. The quantitative estimate of drug-likeness (QED) is 0.557. The van der Waals surface area contributed by atoms with Gasteiger partial charge in [-0.15, -0.1) is 0 Å². The van der Waals surface area contributed by atoms with Crippen LogP contribution in [0.1, 0.15) is 18.1 Å². The van der Waals surface area contributed by atoms with Crippen molar-refractivity contribution in [2.75, 3.05) is 27.8 Å². The lowest BCUT2D eigenvalue weighted by Crippen LogP contribution is -2.38. The molecule has 0 fully saturated rings. The summed E-state index contributed by atoms with van der Waals surface area (Å²) < 4.78 is 10.4. The van der Waals surface area contributed by atoms with Gasteiger partial charge in [0.15, 0.2) is 17.5 Å². The summed E-state index contributed by atoms with van der Waals surface area (Å²) in [7, 11) is 4.98. The summed E-state index contributed by atoms with van der Waals surface area (Å²) in [5, 5.41) is 14.0. The van der Waals surface area contributed by atoms with Crippen LogP contribution in [0.15, 0.2) is 41.4 Å². The first-order chi connectivity index (χ1) is 13.0. The van der Waals surface area contributed by atoms with Crippen molar-refractivity contribution < 1.29 is 14.6 Å². The number of nitrogens with zero attached hydrogens (tertiary/aromatic N) is 2. The minimum Gasteiger partial charge on any atom is -0.502 e. The summed E-state index contributed by atoms with van der Waals surface area (Å²) in [4.78, 5) is 6.72. The molecular weight excluding hydrogens is 366 g/mol. The van der Waals surface area contributed by atoms with Crippen LogP contribution in [0.25, 0.3) is 0 Å². The van der Waals surface area contributed by atoms with Crippen LogP contribution in [-0.2, 0) is 13.1 Å². The summed E-state index contributed by atoms with van der Waals surface area (Å²) in [6.07, 6.45) is 0. The van der Waals surface area contributed by atoms with E-state index >= 15 is 0 Å². The number of guanidine groups is 1. The van der Waals surface area contributed by atoms with E-state index in [1.807, 2.05) is 43.1 Å². The van der Waals surface area contributed by atoms with Gasteiger partial charge in [0.25, 0.3) is 0 Å². The van der Waals surface area contributed by atoms with Gasteiger partial charge in [0.2, 0.25) is 5.75 Å². The number of aliphatic imine (C=N–C) groups is 1. The third-order valence-electron chi connectivity index (χ3n) is 3.96. The number of hydrogen-bond donors (Lipinski definition) is 2. The summed E-state index contributed by atoms with van der Waals surface area (Å²) in [6, 6.07) is 11.3. The number of phenols is 1. The van der Waals surface area contributed by atoms with Crippen molar-refractivity contribution in [3.8, 4) is 17.2 Å². The molecule has 0 aromatic heterocycles. The van der Waals surface area contributed by atoms with E-state index in [1.165, 1.54) is 14.2 Å². The van der Waals surface area contributed by atoms with Gasteiger partial charge in [-0.3, -0.25) is 0 Å². The first-order valence-corrected chi connectivity index (χ1v) is 9.04. The molecule has 2 N–H and O–H groups in total. The minimum absolute atomic E-state index is 0.0160. The fourth-order valence-corrected chi connectivity index (χ4v) is 2.87. The summed E-state index contributed by atoms with van der Waals surface area (Å²) in [6.45, 7) is 3.86. The predicted molar refractivity (Wildman–Crippen MR) is 109 cm³/mol. The first kappa shape index (κ1) is 20.7. The second-order valence-electron chi connectivity index (χ2n) is 6.01. The fourth-order valence-electron chi connectivity index (χ4n) is 2.66. The van der Waals surface area contributed by atoms with E-state index in [9.17, 15) is 5.11 Å². The lowest BCUT2D eigenvalue weighted by atomic mass is 10.2. The SMILES string of the molecule is CCNC(=NCc1cc(OC)c(O)c(OC)c1)N(C)Cc1cccc(Cl)c1. The second kappa shape index (κ2) is 9.92. The molecule has 2 aromatic rings. The van der Waals surface area contributed by atoms with Gasteiger partial charge >= 0.3 is 0 Å². The Morgan fingerprint density at radius 3 is 2.37 bits per heavy atom. The third-order valence-corrected chi connectivity index (χ3v) is 4.19. The van der Waals surface area contributed by atoms with Gasteiger partial charge in [-0.2, -0.15) is 0 Å². The van der Waals surface area contributed by atoms with Gasteiger partial charge in [-0.05, 0) is 42.3 Å². The zero-order chi connectivity index (χ0) is 19.8. The van der Waals surface area contributed by atoms with Crippen molar-refractivity contribution in [3.63, 3.8) is 0 Å². The average molecular weight is 392 g/mol. The molecule has 0 unspecified atom stereocenters. The van der Waals surface area contributed by atoms with E-state index in [-0.39, 0.29) is 5.75 Å². The van der Waals surface area contributed by atoms with E-state index in [0.717, 1.165) is 23.6 Å². The third kappa shape index (κ3) is 5.69. The van der Waals surface area contributed by atoms with E-state index in [2.05, 4.69) is 10.3 Å². The number of benzene rings is 2. The largest absolute Gasteiger partial charge is 0.502 e. The Morgan fingerprint density at radius 2 is 1.81 bits per heavy atom. The van der Waals surface area contributed by atoms with E-state index < -0.39 is 0 Å². The lowest BCUT2D eigenvalue weighted by molar-refractivity contribution is 0.339. The van der Waals surface area contributed by atoms with Gasteiger partial charge < -0.3 is 24.8 Å². The molecule has 6 nitrogen and oxygen atoms in total. The predicted octanol–water partition coefficient (Wildman–Crippen LogP) is 3.66. The molecule has 0 bridgehead atoms. The molecule has 2 rings (SSSR count). The van der Waals surface area contributed by atoms with Crippen LogP contribution in [0, 0.1) is 0 Å². The molecule has 146 valence electrons. The van der Waals surface area contributed by atoms with Crippen LogP contribution >= 0.6 is 11.6 Å². The smallest absolute Gasteiger partial charge is 0.200 e. The maximum absolute atomic E-state index is 10.0. The van der Waals surface area contributed by atoms with Crippen molar-refractivity contribution in [2.24, 2.45) is 4.99 Å². The van der Waals surface area contributed by atoms with E-state index in [4.69, 9.17) is 21.1 Å². The molecule has 27 heavy (non-hydrogen) atoms. The molecule has 2 aromatic carbocycles. The molecule has 0 heterocycles. The molecule has 0 aliphatic rings. The summed E-state index contributed by atoms with van der Waals surface area (Å²) in [5.74, 6) is 1.47. The average Bonchev–Trinajstić information content (AvgIpc) is 2.65. The zero-order valence-electron chi connectivity index (χ0n) is 16.1. The number of halogens is 1. The Labute approximate surface area is 165 Å². The lowest BCUT2D eigenvalue weighted by Gasteiger charge is -2.22. The molecule has 0 saturated heterocycles. The summed E-state index contributed by atoms with van der Waals surface area (Å²) in [5.41, 5.74) is 1.97. The van der Waals surface area contributed by atoms with Crippen molar-refractivity contribution in [1.29, 1.82) is 0 Å². The van der Waals surface area contributed by atoms with Gasteiger partial charge in [0, 0.05) is 25.2 Å². The number of aromatic hydroxyl groups is 1. The van der Waals surface area contributed by atoms with E-state index in [0.29, 0.717) is 29.6 Å². The van der Waals surface area contributed by atoms with Crippen molar-refractivity contribution >= 4 is 17.6 Å². The monoisotopic (exact) mass is 391 g/mol. The first-order valence-electron chi connectivity index (χ1n) is 8.66. The van der Waals surface area contributed by atoms with Crippen molar-refractivity contribution in [3.05, 3.63) is 52.5 Å². The molecule has 0 atom stereocenters. The molecule has 7 heteroatoms. The number of nitrogens with one attached hydrogen (secondary N) is 1. The molecule has 0 saturated carbocycles. The van der Waals surface area contributed by atoms with Crippen LogP contribution in [0.5, 0.6) is 17.2 Å². The molecule has 0 spiro atoms. The standard InChI is InChI=1S/C20H26ClN3O3/c1-5-22-20(24(2)13-14-7-6-8-16(21)9-14)23-12-15-10-17(26-3)19(25)18(11-15)27-4/h6-11,25H,5,12-13H2,1-4H3,(H,22,23). The molecular formula is C20H26ClN3O3. The van der Waals surface area contributed by atoms with Crippen LogP contribution in [0.4, 0.5) is 0 Å². The highest BCUT2D eigenvalue weighted by Gasteiger charge is 2.12. The highest BCUT2D eigenvalue weighted by molar-refractivity contribution is 6.30. The van der Waals surface area contributed by atoms with Gasteiger partial charge in [0.1, 0.15) is 0 Å². The molecule has 0 aliphatic carbocycles. The normalized spacial score (nSPS) is 11.2. The van der Waals surface area contributed by atoms with Gasteiger partial charge in [-0.1, -0.05) is 23.7 Å². The molecule has 0 aliphatic heterocycles. The van der Waals surface area contributed by atoms with Crippen LogP contribution in [0.3, 0.4) is 0 Å². The van der Waals surface area contributed by atoms with Gasteiger partial charge in [0.05, 0.1) is 20.8 Å². The van der Waals surface area contributed by atoms with Crippen LogP contribution in [-0.4, -0.2) is 43.8 Å². The number of hydrogen-bond acceptors (Lipinski definition) is 4. The molecule has 0 radical (unpaired) electrons. The van der Waals surface area contributed by atoms with Crippen LogP contribution < -0.4 is 14.8 Å². The number of methoxy groups -OCH3 is 2. The second-order valence-corrected chi connectivity index (χ2v) is 6.44. The Bertz CT molecular complexity index is 771. The Morgan fingerprint density at radius 1 is 1.15 bits per heavy atom. The number of phenolic OH excluding ortho intramolecular Hbond substituents is 1. The number of ether oxygens (including phenoxy) is 2. The minimum atomic E-state index is -0.0160. The maximum atomic E-state index is 10.0. The fraction of sp³-hybridized carbons (Fsp3) is 0.350.